The van der Waals surface area contributed by atoms with Gasteiger partial charge in [0.2, 0.25) is 0 Å². The molecular weight excluding hydrogens is 251 g/mol. The molecule has 0 N–H and O–H groups in total. The quantitative estimate of drug-likeness (QED) is 0.505. The molecule has 12 heavy (non-hydrogen) atoms. The van der Waals surface area contributed by atoms with E-state index in [-0.39, 0.29) is 0 Å². The van der Waals surface area contributed by atoms with E-state index < -0.39 is 18.4 Å². The van der Waals surface area contributed by atoms with E-state index in [1.165, 1.54) is 6.42 Å². The van der Waals surface area contributed by atoms with Crippen molar-refractivity contribution in [3.05, 3.63) is 24.3 Å². The van der Waals surface area contributed by atoms with Gasteiger partial charge in [-0.2, -0.15) is 0 Å². The summed E-state index contributed by atoms with van der Waals surface area (Å²) in [5.41, 5.74) is 0. The molecule has 0 saturated heterocycles. The molecule has 2 bridgehead atoms. The average molecular weight is 269 g/mol. The van der Waals surface area contributed by atoms with Crippen LogP contribution in [-0.2, 0) is 0 Å². The standard InChI is InChI=1S/C8H9.3CH3.Sn/c1-2-7-4-5-8(3-1)6-7;;;;/h1-5,7-8H,6H2;3*1H3;. The van der Waals surface area contributed by atoms with E-state index in [1.807, 2.05) is 0 Å². The van der Waals surface area contributed by atoms with Gasteiger partial charge < -0.3 is 0 Å². The summed E-state index contributed by atoms with van der Waals surface area (Å²) in [4.78, 5) is 7.66. The summed E-state index contributed by atoms with van der Waals surface area (Å²) in [6, 6.07) is 0. The maximum absolute atomic E-state index is 2.55. The normalized spacial score (nSPS) is 39.1. The first-order valence-corrected chi connectivity index (χ1v) is 15.1. The molecule has 0 fully saturated rings. The summed E-state index contributed by atoms with van der Waals surface area (Å²) in [6.45, 7) is 0. The van der Waals surface area contributed by atoms with E-state index in [9.17, 15) is 0 Å². The number of hydrogen-bond acceptors (Lipinski definition) is 0. The van der Waals surface area contributed by atoms with Gasteiger partial charge in [-0.3, -0.25) is 0 Å². The monoisotopic (exact) mass is 270 g/mol. The average Bonchev–Trinajstić information content (AvgIpc) is 2.30. The van der Waals surface area contributed by atoms with E-state index >= 15 is 0 Å². The molecule has 3 atom stereocenters. The third-order valence-electron chi connectivity index (χ3n) is 3.18. The van der Waals surface area contributed by atoms with E-state index in [2.05, 4.69) is 39.1 Å². The fourth-order valence-corrected chi connectivity index (χ4v) is 8.84. The second-order valence-electron chi connectivity index (χ2n) is 5.23. The molecule has 0 amide bonds. The Hall–Kier alpha value is 0.279. The van der Waals surface area contributed by atoms with Crippen molar-refractivity contribution in [3.8, 4) is 0 Å². The molecular formula is C11H18Sn. The Morgan fingerprint density at radius 2 is 1.67 bits per heavy atom. The van der Waals surface area contributed by atoms with E-state index in [4.69, 9.17) is 0 Å². The van der Waals surface area contributed by atoms with Gasteiger partial charge in [0.05, 0.1) is 0 Å². The first kappa shape index (κ1) is 8.86. The maximum atomic E-state index is 2.55. The Kier molecular flexibility index (Phi) is 2.14. The SMILES string of the molecule is [CH3][Sn]([CH3])([CH3])[CH]1C=CC2C=CC1C2. The van der Waals surface area contributed by atoms with Crippen LogP contribution in [0.4, 0.5) is 0 Å². The molecule has 0 spiro atoms. The van der Waals surface area contributed by atoms with Crippen molar-refractivity contribution in [3.63, 3.8) is 0 Å². The molecule has 66 valence electrons. The summed E-state index contributed by atoms with van der Waals surface area (Å²) < 4.78 is 0.967. The van der Waals surface area contributed by atoms with Gasteiger partial charge in [-0.05, 0) is 0 Å². The van der Waals surface area contributed by atoms with Gasteiger partial charge in [0, 0.05) is 0 Å². The second-order valence-corrected chi connectivity index (χ2v) is 20.6. The third-order valence-corrected chi connectivity index (χ3v) is 10.7. The van der Waals surface area contributed by atoms with Crippen molar-refractivity contribution in [2.24, 2.45) is 11.8 Å². The Balaban J connectivity index is 2.23. The van der Waals surface area contributed by atoms with Crippen molar-refractivity contribution in [2.75, 3.05) is 0 Å². The van der Waals surface area contributed by atoms with Crippen molar-refractivity contribution >= 4 is 18.4 Å². The van der Waals surface area contributed by atoms with Crippen LogP contribution in [0.25, 0.3) is 0 Å². The molecule has 3 unspecified atom stereocenters. The van der Waals surface area contributed by atoms with E-state index in [0.29, 0.717) is 0 Å². The van der Waals surface area contributed by atoms with Gasteiger partial charge in [0.15, 0.2) is 0 Å². The Bertz CT molecular complexity index is 232. The summed E-state index contributed by atoms with van der Waals surface area (Å²) in [5, 5.41) is 0. The molecule has 0 aromatic rings. The summed E-state index contributed by atoms with van der Waals surface area (Å²) in [6.07, 6.45) is 11.2. The van der Waals surface area contributed by atoms with Crippen LogP contribution in [0.15, 0.2) is 24.3 Å². The molecule has 0 radical (unpaired) electrons. The second kappa shape index (κ2) is 2.90. The number of fused-ring (bicyclic) bond motifs is 2. The van der Waals surface area contributed by atoms with Crippen molar-refractivity contribution in [2.45, 2.75) is 25.2 Å². The predicted octanol–water partition coefficient (Wildman–Crippen LogP) is 3.46. The van der Waals surface area contributed by atoms with Crippen LogP contribution in [0.3, 0.4) is 0 Å². The van der Waals surface area contributed by atoms with Crippen LogP contribution in [-0.4, -0.2) is 18.4 Å². The first-order chi connectivity index (χ1) is 5.57. The molecule has 0 aromatic heterocycles. The molecule has 1 heteroatoms. The van der Waals surface area contributed by atoms with Crippen molar-refractivity contribution < 1.29 is 0 Å². The summed E-state index contributed by atoms with van der Waals surface area (Å²) in [7, 11) is 0. The zero-order valence-corrected chi connectivity index (χ0v) is 11.1. The van der Waals surface area contributed by atoms with Gasteiger partial charge in [0.25, 0.3) is 0 Å². The third kappa shape index (κ3) is 1.50. The molecule has 2 aliphatic carbocycles. The predicted molar refractivity (Wildman–Crippen MR) is 57.0 cm³/mol. The molecule has 0 saturated carbocycles. The first-order valence-electron chi connectivity index (χ1n) is 4.94. The zero-order chi connectivity index (χ0) is 8.77. The van der Waals surface area contributed by atoms with Crippen LogP contribution in [0.5, 0.6) is 0 Å². The molecule has 2 rings (SSSR count). The molecule has 0 nitrogen and oxygen atoms in total. The molecule has 0 aliphatic heterocycles. The number of allylic oxidation sites excluding steroid dienone is 4. The van der Waals surface area contributed by atoms with Crippen molar-refractivity contribution in [1.82, 2.24) is 0 Å². The van der Waals surface area contributed by atoms with E-state index in [0.717, 1.165) is 15.8 Å². The fourth-order valence-electron chi connectivity index (χ4n) is 2.50. The minimum absolute atomic E-state index is 0.792. The Morgan fingerprint density at radius 1 is 1.00 bits per heavy atom. The molecule has 2 aliphatic rings. The van der Waals surface area contributed by atoms with Gasteiger partial charge in [-0.1, -0.05) is 0 Å². The summed E-state index contributed by atoms with van der Waals surface area (Å²) >= 11 is -1.66. The zero-order valence-electron chi connectivity index (χ0n) is 8.25. The van der Waals surface area contributed by atoms with Crippen molar-refractivity contribution in [1.29, 1.82) is 0 Å². The number of hydrogen-bond donors (Lipinski definition) is 0. The van der Waals surface area contributed by atoms with Crippen LogP contribution < -0.4 is 0 Å². The van der Waals surface area contributed by atoms with Gasteiger partial charge in [-0.15, -0.1) is 0 Å². The molecule has 0 aromatic carbocycles. The Morgan fingerprint density at radius 3 is 2.33 bits per heavy atom. The van der Waals surface area contributed by atoms with E-state index in [1.54, 1.807) is 0 Å². The van der Waals surface area contributed by atoms with Crippen LogP contribution >= 0.6 is 0 Å². The van der Waals surface area contributed by atoms with Crippen LogP contribution in [0.2, 0.25) is 18.8 Å². The van der Waals surface area contributed by atoms with Gasteiger partial charge >= 0.3 is 79.7 Å². The Labute approximate surface area is 79.6 Å². The molecule has 0 heterocycles. The van der Waals surface area contributed by atoms with Crippen LogP contribution in [0, 0.1) is 11.8 Å². The van der Waals surface area contributed by atoms with Gasteiger partial charge in [0.1, 0.15) is 0 Å². The van der Waals surface area contributed by atoms with Gasteiger partial charge in [-0.25, -0.2) is 0 Å². The topological polar surface area (TPSA) is 0 Å². The number of rotatable bonds is 1. The summed E-state index contributed by atoms with van der Waals surface area (Å²) in [5.74, 6) is 1.70. The van der Waals surface area contributed by atoms with Crippen LogP contribution in [0.1, 0.15) is 6.42 Å². The fraction of sp³-hybridized carbons (Fsp3) is 0.636. The minimum atomic E-state index is -1.66.